The highest BCUT2D eigenvalue weighted by atomic mass is 35.5. The van der Waals surface area contributed by atoms with Gasteiger partial charge in [-0.25, -0.2) is 5.43 Å². The second-order valence-corrected chi connectivity index (χ2v) is 7.99. The molecule has 9 heteroatoms. The van der Waals surface area contributed by atoms with E-state index in [-0.39, 0.29) is 11.7 Å². The van der Waals surface area contributed by atoms with Crippen LogP contribution in [0.3, 0.4) is 0 Å². The average molecular weight is 451 g/mol. The lowest BCUT2D eigenvalue weighted by molar-refractivity contribution is -0.118. The Kier molecular flexibility index (Phi) is 6.49. The molecular weight excluding hydrogens is 432 g/mol. The van der Waals surface area contributed by atoms with Gasteiger partial charge in [-0.05, 0) is 36.4 Å². The molecule has 0 saturated heterocycles. The minimum Gasteiger partial charge on any atom is -0.350 e. The van der Waals surface area contributed by atoms with Gasteiger partial charge in [0.05, 0.1) is 17.7 Å². The Hall–Kier alpha value is -3.36. The number of carbonyl (C=O) groups excluding carboxylic acids is 1. The first-order valence-corrected chi connectivity index (χ1v) is 10.8. The molecule has 0 radical (unpaired) electrons. The largest absolute Gasteiger partial charge is 0.350 e. The van der Waals surface area contributed by atoms with Gasteiger partial charge in [0.25, 0.3) is 5.91 Å². The van der Waals surface area contributed by atoms with Gasteiger partial charge in [-0.1, -0.05) is 53.7 Å². The number of amides is 1. The van der Waals surface area contributed by atoms with E-state index in [4.69, 9.17) is 11.6 Å². The van der Waals surface area contributed by atoms with E-state index in [1.165, 1.54) is 11.8 Å². The van der Waals surface area contributed by atoms with Gasteiger partial charge in [-0.15, -0.1) is 10.2 Å². The molecule has 2 aromatic carbocycles. The fourth-order valence-electron chi connectivity index (χ4n) is 2.90. The molecule has 1 amide bonds. The monoisotopic (exact) mass is 450 g/mol. The van der Waals surface area contributed by atoms with Crippen LogP contribution in [0, 0.1) is 0 Å². The summed E-state index contributed by atoms with van der Waals surface area (Å²) < 4.78 is 3.82. The van der Waals surface area contributed by atoms with Crippen LogP contribution in [0.4, 0.5) is 0 Å². The Bertz CT molecular complexity index is 1200. The second kappa shape index (κ2) is 9.63. The minimum atomic E-state index is -0.234. The Labute approximate surface area is 188 Å². The maximum absolute atomic E-state index is 12.3. The molecule has 0 atom stereocenters. The number of carbonyl (C=O) groups is 1. The van der Waals surface area contributed by atoms with Gasteiger partial charge in [0.2, 0.25) is 0 Å². The molecule has 0 fully saturated rings. The smallest absolute Gasteiger partial charge is 0.250 e. The van der Waals surface area contributed by atoms with E-state index in [0.717, 1.165) is 16.9 Å². The molecule has 7 nitrogen and oxygen atoms in total. The molecule has 0 bridgehead atoms. The zero-order valence-corrected chi connectivity index (χ0v) is 18.2. The molecule has 2 aromatic heterocycles. The van der Waals surface area contributed by atoms with E-state index in [1.807, 2.05) is 89.1 Å². The third kappa shape index (κ3) is 5.04. The molecule has 0 aliphatic carbocycles. The number of halogens is 1. The number of hydrazone groups is 1. The van der Waals surface area contributed by atoms with Crippen LogP contribution in [-0.4, -0.2) is 37.2 Å². The van der Waals surface area contributed by atoms with E-state index in [0.29, 0.717) is 16.0 Å². The Morgan fingerprint density at radius 1 is 1.10 bits per heavy atom. The molecule has 0 unspecified atom stereocenters. The van der Waals surface area contributed by atoms with Crippen molar-refractivity contribution in [3.8, 4) is 17.1 Å². The minimum absolute atomic E-state index is 0.144. The fraction of sp³-hybridized carbons (Fsp3) is 0.0909. The number of hydrogen-bond acceptors (Lipinski definition) is 5. The van der Waals surface area contributed by atoms with Crippen LogP contribution in [0.15, 0.2) is 83.2 Å². The molecule has 0 spiro atoms. The topological polar surface area (TPSA) is 77.1 Å². The Morgan fingerprint density at radius 2 is 1.87 bits per heavy atom. The summed E-state index contributed by atoms with van der Waals surface area (Å²) in [6.45, 7) is 0. The molecule has 0 aliphatic rings. The number of nitrogens with zero attached hydrogens (tertiary/aromatic N) is 5. The molecule has 4 aromatic rings. The lowest BCUT2D eigenvalue weighted by Crippen LogP contribution is -2.20. The van der Waals surface area contributed by atoms with Gasteiger partial charge in [-0.3, -0.25) is 9.36 Å². The molecule has 0 aliphatic heterocycles. The average Bonchev–Trinajstić information content (AvgIpc) is 3.40. The summed E-state index contributed by atoms with van der Waals surface area (Å²) in [5, 5.41) is 13.9. The number of benzene rings is 2. The van der Waals surface area contributed by atoms with E-state index >= 15 is 0 Å². The highest BCUT2D eigenvalue weighted by molar-refractivity contribution is 7.99. The normalized spacial score (nSPS) is 11.2. The molecule has 31 heavy (non-hydrogen) atoms. The van der Waals surface area contributed by atoms with Crippen LogP contribution >= 0.6 is 23.4 Å². The summed E-state index contributed by atoms with van der Waals surface area (Å²) in [6, 6.07) is 21.0. The number of hydrogen-bond donors (Lipinski definition) is 1. The van der Waals surface area contributed by atoms with E-state index < -0.39 is 0 Å². The number of aromatic nitrogens is 4. The van der Waals surface area contributed by atoms with Crippen LogP contribution in [-0.2, 0) is 11.8 Å². The van der Waals surface area contributed by atoms with Crippen molar-refractivity contribution in [2.24, 2.45) is 12.1 Å². The molecule has 0 saturated carbocycles. The van der Waals surface area contributed by atoms with Crippen molar-refractivity contribution in [1.82, 2.24) is 24.8 Å². The lowest BCUT2D eigenvalue weighted by Gasteiger charge is -2.10. The van der Waals surface area contributed by atoms with Crippen LogP contribution in [0.1, 0.15) is 5.69 Å². The molecule has 4 rings (SSSR count). The lowest BCUT2D eigenvalue weighted by atomic mass is 10.2. The maximum atomic E-state index is 12.3. The summed E-state index contributed by atoms with van der Waals surface area (Å²) in [6.07, 6.45) is 3.51. The standard InChI is InChI=1S/C22H19ClN6OS/c1-28-13-5-8-19(28)14-24-25-20(30)15-31-22-27-26-21(16-6-3-2-4-7-16)29(22)18-11-9-17(23)10-12-18/h2-14H,15H2,1H3,(H,25,30). The highest BCUT2D eigenvalue weighted by Crippen LogP contribution is 2.28. The van der Waals surface area contributed by atoms with E-state index in [9.17, 15) is 4.79 Å². The van der Waals surface area contributed by atoms with Crippen LogP contribution in [0.5, 0.6) is 0 Å². The molecule has 2 heterocycles. The van der Waals surface area contributed by atoms with Gasteiger partial charge in [-0.2, -0.15) is 5.10 Å². The van der Waals surface area contributed by atoms with Gasteiger partial charge in [0.1, 0.15) is 0 Å². The number of aryl methyl sites for hydroxylation is 1. The second-order valence-electron chi connectivity index (χ2n) is 6.61. The van der Waals surface area contributed by atoms with Crippen molar-refractivity contribution >= 4 is 35.5 Å². The third-order valence-electron chi connectivity index (χ3n) is 4.45. The number of rotatable bonds is 7. The van der Waals surface area contributed by atoms with Crippen molar-refractivity contribution in [2.45, 2.75) is 5.16 Å². The van der Waals surface area contributed by atoms with Crippen molar-refractivity contribution in [3.63, 3.8) is 0 Å². The van der Waals surface area contributed by atoms with Gasteiger partial charge < -0.3 is 4.57 Å². The van der Waals surface area contributed by atoms with Crippen LogP contribution in [0.2, 0.25) is 5.02 Å². The highest BCUT2D eigenvalue weighted by Gasteiger charge is 2.17. The molecule has 1 N–H and O–H groups in total. The third-order valence-corrected chi connectivity index (χ3v) is 5.63. The van der Waals surface area contributed by atoms with E-state index in [2.05, 4.69) is 20.7 Å². The van der Waals surface area contributed by atoms with E-state index in [1.54, 1.807) is 6.21 Å². The van der Waals surface area contributed by atoms with Gasteiger partial charge >= 0.3 is 0 Å². The van der Waals surface area contributed by atoms with Gasteiger partial charge in [0, 0.05) is 29.5 Å². The quantitative estimate of drug-likeness (QED) is 0.260. The van der Waals surface area contributed by atoms with Crippen molar-refractivity contribution in [1.29, 1.82) is 0 Å². The first-order valence-electron chi connectivity index (χ1n) is 9.44. The van der Waals surface area contributed by atoms with Crippen molar-refractivity contribution < 1.29 is 4.79 Å². The van der Waals surface area contributed by atoms with Crippen LogP contribution < -0.4 is 5.43 Å². The number of nitrogens with one attached hydrogen (secondary N) is 1. The summed E-state index contributed by atoms with van der Waals surface area (Å²) in [4.78, 5) is 12.3. The van der Waals surface area contributed by atoms with Crippen LogP contribution in [0.25, 0.3) is 17.1 Å². The zero-order chi connectivity index (χ0) is 21.6. The first-order chi connectivity index (χ1) is 15.1. The fourth-order valence-corrected chi connectivity index (χ4v) is 3.77. The van der Waals surface area contributed by atoms with Gasteiger partial charge in [0.15, 0.2) is 11.0 Å². The van der Waals surface area contributed by atoms with Crippen molar-refractivity contribution in [2.75, 3.05) is 5.75 Å². The molecule has 156 valence electrons. The summed E-state index contributed by atoms with van der Waals surface area (Å²) in [5.41, 5.74) is 5.22. The number of thioether (sulfide) groups is 1. The summed E-state index contributed by atoms with van der Waals surface area (Å²) >= 11 is 7.34. The zero-order valence-electron chi connectivity index (χ0n) is 16.6. The van der Waals surface area contributed by atoms with Crippen molar-refractivity contribution in [3.05, 3.63) is 83.6 Å². The Morgan fingerprint density at radius 3 is 2.58 bits per heavy atom. The Balaban J connectivity index is 1.52. The maximum Gasteiger partial charge on any atom is 0.250 e. The predicted molar refractivity (Wildman–Crippen MR) is 124 cm³/mol. The predicted octanol–water partition coefficient (Wildman–Crippen LogP) is 4.17. The summed E-state index contributed by atoms with van der Waals surface area (Å²) in [7, 11) is 1.91. The molecular formula is C22H19ClN6OS. The first kappa shape index (κ1) is 20.9. The SMILES string of the molecule is Cn1cccc1C=NNC(=O)CSc1nnc(-c2ccccc2)n1-c1ccc(Cl)cc1. The summed E-state index contributed by atoms with van der Waals surface area (Å²) in [5.74, 6) is 0.597.